The summed E-state index contributed by atoms with van der Waals surface area (Å²) in [7, 11) is 0. The van der Waals surface area contributed by atoms with Crippen molar-refractivity contribution in [3.05, 3.63) is 24.0 Å². The Bertz CT molecular complexity index is 299. The summed E-state index contributed by atoms with van der Waals surface area (Å²) in [5.41, 5.74) is 6.36. The van der Waals surface area contributed by atoms with E-state index < -0.39 is 0 Å². The molecule has 3 heteroatoms. The fourth-order valence-corrected chi connectivity index (χ4v) is 1.41. The Hall–Kier alpha value is -1.25. The lowest BCUT2D eigenvalue weighted by Gasteiger charge is -2.14. The smallest absolute Gasteiger partial charge is 0.148 e. The highest BCUT2D eigenvalue weighted by molar-refractivity contribution is 5.52. The highest BCUT2D eigenvalue weighted by atomic mass is 19.1. The van der Waals surface area contributed by atoms with Gasteiger partial charge in [0.05, 0.1) is 5.69 Å². The van der Waals surface area contributed by atoms with Gasteiger partial charge in [0.15, 0.2) is 0 Å². The van der Waals surface area contributed by atoms with Gasteiger partial charge in [-0.3, -0.25) is 0 Å². The predicted octanol–water partition coefficient (Wildman–Crippen LogP) is 3.01. The van der Waals surface area contributed by atoms with E-state index in [1.807, 2.05) is 0 Å². The maximum absolute atomic E-state index is 13.1. The van der Waals surface area contributed by atoms with Crippen molar-refractivity contribution in [2.45, 2.75) is 32.7 Å². The van der Waals surface area contributed by atoms with Gasteiger partial charge >= 0.3 is 0 Å². The molecule has 0 spiro atoms. The first-order valence-corrected chi connectivity index (χ1v) is 4.95. The maximum atomic E-state index is 13.1. The van der Waals surface area contributed by atoms with E-state index in [1.165, 1.54) is 6.07 Å². The molecule has 0 saturated carbocycles. The van der Waals surface area contributed by atoms with Gasteiger partial charge < -0.3 is 11.1 Å². The number of nitrogens with two attached hydrogens (primary N) is 1. The summed E-state index contributed by atoms with van der Waals surface area (Å²) >= 11 is 0. The molecular weight excluding hydrogens is 179 g/mol. The molecule has 1 rings (SSSR count). The Morgan fingerprint density at radius 3 is 2.79 bits per heavy atom. The average molecular weight is 196 g/mol. The first kappa shape index (κ1) is 10.8. The van der Waals surface area contributed by atoms with Crippen molar-refractivity contribution < 1.29 is 4.39 Å². The molecule has 0 aliphatic carbocycles. The standard InChI is InChI=1S/C11H17FN2/c1-3-4-8(2)14-9-5-6-11(13)10(12)7-9/h5-8,14H,3-4,13H2,1-2H3. The maximum Gasteiger partial charge on any atom is 0.148 e. The van der Waals surface area contributed by atoms with Crippen molar-refractivity contribution in [2.75, 3.05) is 11.1 Å². The van der Waals surface area contributed by atoms with Crippen LogP contribution in [0.4, 0.5) is 15.8 Å². The quantitative estimate of drug-likeness (QED) is 0.726. The molecule has 0 aliphatic rings. The van der Waals surface area contributed by atoms with E-state index in [9.17, 15) is 4.39 Å². The minimum atomic E-state index is -0.362. The fraction of sp³-hybridized carbons (Fsp3) is 0.455. The van der Waals surface area contributed by atoms with Gasteiger partial charge in [0.2, 0.25) is 0 Å². The molecule has 1 aromatic rings. The SMILES string of the molecule is CCCC(C)Nc1ccc(N)c(F)c1. The van der Waals surface area contributed by atoms with E-state index >= 15 is 0 Å². The molecule has 0 radical (unpaired) electrons. The van der Waals surface area contributed by atoms with Gasteiger partial charge in [-0.1, -0.05) is 13.3 Å². The van der Waals surface area contributed by atoms with E-state index in [0.717, 1.165) is 18.5 Å². The van der Waals surface area contributed by atoms with Crippen LogP contribution in [0.25, 0.3) is 0 Å². The van der Waals surface area contributed by atoms with Crippen LogP contribution in [0, 0.1) is 5.82 Å². The van der Waals surface area contributed by atoms with Gasteiger partial charge in [-0.15, -0.1) is 0 Å². The Morgan fingerprint density at radius 1 is 1.50 bits per heavy atom. The number of nitrogen functional groups attached to an aromatic ring is 1. The second-order valence-corrected chi connectivity index (χ2v) is 3.57. The highest BCUT2D eigenvalue weighted by Gasteiger charge is 2.03. The minimum Gasteiger partial charge on any atom is -0.396 e. The van der Waals surface area contributed by atoms with E-state index in [2.05, 4.69) is 19.2 Å². The summed E-state index contributed by atoms with van der Waals surface area (Å²) in [5, 5.41) is 3.22. The van der Waals surface area contributed by atoms with Crippen LogP contribution in [0.1, 0.15) is 26.7 Å². The Labute approximate surface area is 84.3 Å². The topological polar surface area (TPSA) is 38.0 Å². The monoisotopic (exact) mass is 196 g/mol. The fourth-order valence-electron chi connectivity index (χ4n) is 1.41. The van der Waals surface area contributed by atoms with Gasteiger partial charge in [-0.05, 0) is 31.5 Å². The first-order valence-electron chi connectivity index (χ1n) is 4.95. The number of halogens is 1. The highest BCUT2D eigenvalue weighted by Crippen LogP contribution is 2.17. The minimum absolute atomic E-state index is 0.193. The van der Waals surface area contributed by atoms with Crippen molar-refractivity contribution in [3.8, 4) is 0 Å². The lowest BCUT2D eigenvalue weighted by atomic mass is 10.2. The lowest BCUT2D eigenvalue weighted by molar-refractivity contribution is 0.631. The molecular formula is C11H17FN2. The van der Waals surface area contributed by atoms with Gasteiger partial charge in [0, 0.05) is 11.7 Å². The molecule has 1 aromatic carbocycles. The molecule has 1 unspecified atom stereocenters. The number of hydrogen-bond acceptors (Lipinski definition) is 2. The van der Waals surface area contributed by atoms with Crippen LogP contribution in [0.5, 0.6) is 0 Å². The zero-order chi connectivity index (χ0) is 10.6. The molecule has 0 fully saturated rings. The van der Waals surface area contributed by atoms with Crippen LogP contribution in [-0.4, -0.2) is 6.04 Å². The summed E-state index contributed by atoms with van der Waals surface area (Å²) in [6.07, 6.45) is 2.19. The molecule has 1 atom stereocenters. The van der Waals surface area contributed by atoms with Crippen LogP contribution >= 0.6 is 0 Å². The van der Waals surface area contributed by atoms with Crippen LogP contribution < -0.4 is 11.1 Å². The molecule has 2 nitrogen and oxygen atoms in total. The number of nitrogens with one attached hydrogen (secondary N) is 1. The summed E-state index contributed by atoms with van der Waals surface area (Å²) in [5.74, 6) is -0.362. The summed E-state index contributed by atoms with van der Waals surface area (Å²) in [6, 6.07) is 5.17. The third kappa shape index (κ3) is 2.91. The van der Waals surface area contributed by atoms with Crippen molar-refractivity contribution in [1.29, 1.82) is 0 Å². The molecule has 0 heterocycles. The number of benzene rings is 1. The molecule has 0 saturated heterocycles. The second-order valence-electron chi connectivity index (χ2n) is 3.57. The largest absolute Gasteiger partial charge is 0.396 e. The van der Waals surface area contributed by atoms with Crippen LogP contribution in [0.2, 0.25) is 0 Å². The van der Waals surface area contributed by atoms with Gasteiger partial charge in [0.1, 0.15) is 5.82 Å². The summed E-state index contributed by atoms with van der Waals surface area (Å²) < 4.78 is 13.1. The predicted molar refractivity (Wildman–Crippen MR) is 58.8 cm³/mol. The van der Waals surface area contributed by atoms with Crippen molar-refractivity contribution in [2.24, 2.45) is 0 Å². The number of anilines is 2. The van der Waals surface area contributed by atoms with Gasteiger partial charge in [-0.2, -0.15) is 0 Å². The van der Waals surface area contributed by atoms with Crippen LogP contribution in [-0.2, 0) is 0 Å². The zero-order valence-corrected chi connectivity index (χ0v) is 8.68. The molecule has 3 N–H and O–H groups in total. The van der Waals surface area contributed by atoms with Gasteiger partial charge in [-0.25, -0.2) is 4.39 Å². The molecule has 0 amide bonds. The second kappa shape index (κ2) is 4.84. The number of hydrogen-bond donors (Lipinski definition) is 2. The van der Waals surface area contributed by atoms with Crippen molar-refractivity contribution in [3.63, 3.8) is 0 Å². The van der Waals surface area contributed by atoms with Crippen molar-refractivity contribution in [1.82, 2.24) is 0 Å². The Balaban J connectivity index is 2.63. The van der Waals surface area contributed by atoms with Crippen LogP contribution in [0.15, 0.2) is 18.2 Å². The zero-order valence-electron chi connectivity index (χ0n) is 8.68. The van der Waals surface area contributed by atoms with E-state index in [1.54, 1.807) is 12.1 Å². The third-order valence-corrected chi connectivity index (χ3v) is 2.14. The molecule has 0 aromatic heterocycles. The molecule has 0 bridgehead atoms. The molecule has 78 valence electrons. The van der Waals surface area contributed by atoms with Gasteiger partial charge in [0.25, 0.3) is 0 Å². The van der Waals surface area contributed by atoms with Crippen molar-refractivity contribution >= 4 is 11.4 Å². The molecule has 14 heavy (non-hydrogen) atoms. The third-order valence-electron chi connectivity index (χ3n) is 2.14. The Kier molecular flexibility index (Phi) is 3.74. The summed E-state index contributed by atoms with van der Waals surface area (Å²) in [6.45, 7) is 4.21. The summed E-state index contributed by atoms with van der Waals surface area (Å²) in [4.78, 5) is 0. The van der Waals surface area contributed by atoms with E-state index in [0.29, 0.717) is 6.04 Å². The average Bonchev–Trinajstić information content (AvgIpc) is 2.12. The lowest BCUT2D eigenvalue weighted by Crippen LogP contribution is -2.14. The normalized spacial score (nSPS) is 12.5. The van der Waals surface area contributed by atoms with Crippen LogP contribution in [0.3, 0.4) is 0 Å². The van der Waals surface area contributed by atoms with E-state index in [-0.39, 0.29) is 11.5 Å². The molecule has 0 aliphatic heterocycles. The van der Waals surface area contributed by atoms with E-state index in [4.69, 9.17) is 5.73 Å². The Morgan fingerprint density at radius 2 is 2.21 bits per heavy atom. The first-order chi connectivity index (χ1) is 6.63. The number of rotatable bonds is 4.